The van der Waals surface area contributed by atoms with Gasteiger partial charge in [0.15, 0.2) is 0 Å². The van der Waals surface area contributed by atoms with Gasteiger partial charge in [-0.2, -0.15) is 0 Å². The quantitative estimate of drug-likeness (QED) is 0.488. The molecule has 5 heteroatoms. The molecule has 0 aromatic heterocycles. The van der Waals surface area contributed by atoms with Gasteiger partial charge >= 0.3 is 0 Å². The smallest absolute Gasteiger partial charge is 0.238 e. The van der Waals surface area contributed by atoms with E-state index in [-0.39, 0.29) is 24.2 Å². The Hall–Kier alpha value is -1.88. The van der Waals surface area contributed by atoms with Crippen LogP contribution in [0.5, 0.6) is 0 Å². The van der Waals surface area contributed by atoms with Crippen molar-refractivity contribution in [3.63, 3.8) is 0 Å². The van der Waals surface area contributed by atoms with Crippen molar-refractivity contribution >= 4 is 11.8 Å². The first-order chi connectivity index (χ1) is 9.60. The van der Waals surface area contributed by atoms with Gasteiger partial charge in [0.2, 0.25) is 11.8 Å². The number of hydrogen-bond acceptors (Lipinski definition) is 3. The molecule has 5 nitrogen and oxygen atoms in total. The molecule has 2 rings (SSSR count). The van der Waals surface area contributed by atoms with Crippen molar-refractivity contribution in [2.75, 3.05) is 6.54 Å². The van der Waals surface area contributed by atoms with E-state index in [2.05, 4.69) is 5.43 Å². The fourth-order valence-electron chi connectivity index (χ4n) is 2.51. The zero-order chi connectivity index (χ0) is 14.5. The molecule has 1 aliphatic heterocycles. The monoisotopic (exact) mass is 275 g/mol. The lowest BCUT2D eigenvalue weighted by molar-refractivity contribution is -0.138. The lowest BCUT2D eigenvalue weighted by atomic mass is 9.98. The van der Waals surface area contributed by atoms with Crippen LogP contribution in [-0.2, 0) is 22.6 Å². The molecular weight excluding hydrogens is 254 g/mol. The zero-order valence-electron chi connectivity index (χ0n) is 11.8. The van der Waals surface area contributed by atoms with Crippen molar-refractivity contribution in [1.29, 1.82) is 0 Å². The molecule has 20 heavy (non-hydrogen) atoms. The first-order valence-corrected chi connectivity index (χ1v) is 6.96. The van der Waals surface area contributed by atoms with Gasteiger partial charge in [0.25, 0.3) is 0 Å². The van der Waals surface area contributed by atoms with Crippen molar-refractivity contribution in [3.8, 4) is 0 Å². The Labute approximate surface area is 119 Å². The summed E-state index contributed by atoms with van der Waals surface area (Å²) in [5, 5.41) is 0. The maximum atomic E-state index is 12.0. The van der Waals surface area contributed by atoms with Crippen LogP contribution in [0.25, 0.3) is 0 Å². The summed E-state index contributed by atoms with van der Waals surface area (Å²) in [6.07, 6.45) is 2.33. The van der Waals surface area contributed by atoms with Crippen LogP contribution in [0, 0.1) is 5.92 Å². The number of hydrogen-bond donors (Lipinski definition) is 2. The summed E-state index contributed by atoms with van der Waals surface area (Å²) in [7, 11) is 0. The van der Waals surface area contributed by atoms with E-state index >= 15 is 0 Å². The van der Waals surface area contributed by atoms with Crippen molar-refractivity contribution in [1.82, 2.24) is 10.3 Å². The van der Waals surface area contributed by atoms with Crippen LogP contribution >= 0.6 is 0 Å². The van der Waals surface area contributed by atoms with E-state index in [0.717, 1.165) is 30.5 Å². The third-order valence-electron chi connectivity index (χ3n) is 3.72. The van der Waals surface area contributed by atoms with Crippen LogP contribution in [0.3, 0.4) is 0 Å². The van der Waals surface area contributed by atoms with E-state index in [1.807, 2.05) is 36.1 Å². The maximum Gasteiger partial charge on any atom is 0.238 e. The lowest BCUT2D eigenvalue weighted by Crippen LogP contribution is -2.39. The molecule has 1 atom stereocenters. The Balaban J connectivity index is 1.96. The van der Waals surface area contributed by atoms with Gasteiger partial charge in [0.05, 0.1) is 6.42 Å². The van der Waals surface area contributed by atoms with E-state index in [1.54, 1.807) is 0 Å². The highest BCUT2D eigenvalue weighted by atomic mass is 16.2. The lowest BCUT2D eigenvalue weighted by Gasteiger charge is -2.30. The number of amides is 2. The molecule has 1 heterocycles. The summed E-state index contributed by atoms with van der Waals surface area (Å²) >= 11 is 0. The number of nitrogens with two attached hydrogens (primary N) is 1. The third-order valence-corrected chi connectivity index (χ3v) is 3.72. The van der Waals surface area contributed by atoms with E-state index in [9.17, 15) is 9.59 Å². The van der Waals surface area contributed by atoms with Crippen LogP contribution in [-0.4, -0.2) is 23.3 Å². The molecule has 0 aliphatic carbocycles. The minimum Gasteiger partial charge on any atom is -0.338 e. The van der Waals surface area contributed by atoms with Gasteiger partial charge in [-0.3, -0.25) is 15.0 Å². The average Bonchev–Trinajstić information content (AvgIpc) is 2.46. The summed E-state index contributed by atoms with van der Waals surface area (Å²) < 4.78 is 0. The first-order valence-electron chi connectivity index (χ1n) is 6.96. The predicted molar refractivity (Wildman–Crippen MR) is 76.3 cm³/mol. The maximum absolute atomic E-state index is 12.0. The molecule has 3 N–H and O–H groups in total. The van der Waals surface area contributed by atoms with E-state index in [4.69, 9.17) is 5.84 Å². The zero-order valence-corrected chi connectivity index (χ0v) is 11.8. The van der Waals surface area contributed by atoms with Gasteiger partial charge in [-0.05, 0) is 24.0 Å². The molecule has 1 aromatic rings. The van der Waals surface area contributed by atoms with Crippen molar-refractivity contribution in [2.45, 2.75) is 32.7 Å². The molecule has 1 aromatic carbocycles. The largest absolute Gasteiger partial charge is 0.338 e. The highest BCUT2D eigenvalue weighted by Crippen LogP contribution is 2.19. The molecule has 0 bridgehead atoms. The van der Waals surface area contributed by atoms with Gasteiger partial charge < -0.3 is 4.90 Å². The number of benzene rings is 1. The number of piperidine rings is 1. The van der Waals surface area contributed by atoms with E-state index in [1.165, 1.54) is 0 Å². The molecule has 2 amide bonds. The second-order valence-electron chi connectivity index (χ2n) is 5.36. The number of nitrogens with zero attached hydrogens (tertiary/aromatic N) is 1. The Kier molecular flexibility index (Phi) is 4.74. The summed E-state index contributed by atoms with van der Waals surface area (Å²) in [5.41, 5.74) is 4.11. The minimum atomic E-state index is -0.210. The molecule has 1 unspecified atom stereocenters. The molecule has 1 fully saturated rings. The molecule has 1 saturated heterocycles. The number of rotatable bonds is 4. The highest BCUT2D eigenvalue weighted by Gasteiger charge is 2.24. The normalized spacial score (nSPS) is 19.0. The summed E-state index contributed by atoms with van der Waals surface area (Å²) in [5.74, 6) is 5.22. The van der Waals surface area contributed by atoms with Crippen molar-refractivity contribution in [2.24, 2.45) is 11.8 Å². The molecule has 0 spiro atoms. The number of carbonyl (C=O) groups excluding carboxylic acids is 2. The Morgan fingerprint density at radius 1 is 1.35 bits per heavy atom. The number of carbonyl (C=O) groups is 2. The number of hydrazine groups is 1. The molecule has 108 valence electrons. The van der Waals surface area contributed by atoms with Crippen LogP contribution < -0.4 is 11.3 Å². The number of nitrogens with one attached hydrogen (secondary N) is 1. The summed E-state index contributed by atoms with van der Waals surface area (Å²) in [6.45, 7) is 3.47. The fraction of sp³-hybridized carbons (Fsp3) is 0.467. The first kappa shape index (κ1) is 14.5. The SMILES string of the molecule is CC1CCCN(Cc2ccc(CC(=O)NN)cc2)C1=O. The van der Waals surface area contributed by atoms with Gasteiger partial charge in [-0.25, -0.2) is 5.84 Å². The second-order valence-corrected chi connectivity index (χ2v) is 5.36. The Bertz CT molecular complexity index is 484. The van der Waals surface area contributed by atoms with Crippen LogP contribution in [0.2, 0.25) is 0 Å². The fourth-order valence-corrected chi connectivity index (χ4v) is 2.51. The highest BCUT2D eigenvalue weighted by molar-refractivity contribution is 5.79. The molecular formula is C15H21N3O2. The number of likely N-dealkylation sites (tertiary alicyclic amines) is 1. The van der Waals surface area contributed by atoms with Gasteiger partial charge in [-0.15, -0.1) is 0 Å². The standard InChI is InChI=1S/C15H21N3O2/c1-11-3-2-8-18(15(11)20)10-13-6-4-12(5-7-13)9-14(19)17-16/h4-7,11H,2-3,8-10,16H2,1H3,(H,17,19). The van der Waals surface area contributed by atoms with Crippen LogP contribution in [0.15, 0.2) is 24.3 Å². The van der Waals surface area contributed by atoms with Crippen molar-refractivity contribution < 1.29 is 9.59 Å². The van der Waals surface area contributed by atoms with Crippen LogP contribution in [0.1, 0.15) is 30.9 Å². The third kappa shape index (κ3) is 3.57. The average molecular weight is 275 g/mol. The molecule has 1 aliphatic rings. The van der Waals surface area contributed by atoms with Gasteiger partial charge in [0.1, 0.15) is 0 Å². The van der Waals surface area contributed by atoms with Gasteiger partial charge in [-0.1, -0.05) is 31.2 Å². The minimum absolute atomic E-state index is 0.135. The molecule has 0 saturated carbocycles. The second kappa shape index (κ2) is 6.52. The van der Waals surface area contributed by atoms with E-state index < -0.39 is 0 Å². The predicted octanol–water partition coefficient (Wildman–Crippen LogP) is 0.978. The van der Waals surface area contributed by atoms with Gasteiger partial charge in [0, 0.05) is 19.0 Å². The molecule has 0 radical (unpaired) electrons. The van der Waals surface area contributed by atoms with Crippen molar-refractivity contribution in [3.05, 3.63) is 35.4 Å². The van der Waals surface area contributed by atoms with E-state index in [0.29, 0.717) is 6.54 Å². The summed E-state index contributed by atoms with van der Waals surface area (Å²) in [6, 6.07) is 7.74. The summed E-state index contributed by atoms with van der Waals surface area (Å²) in [4.78, 5) is 25.1. The van der Waals surface area contributed by atoms with Crippen LogP contribution in [0.4, 0.5) is 0 Å². The Morgan fingerprint density at radius 2 is 2.00 bits per heavy atom. The topological polar surface area (TPSA) is 75.4 Å². The Morgan fingerprint density at radius 3 is 2.65 bits per heavy atom.